The van der Waals surface area contributed by atoms with Crippen molar-refractivity contribution in [1.29, 1.82) is 0 Å². The molecule has 1 amide bonds. The second-order valence-electron chi connectivity index (χ2n) is 12.4. The molecule has 0 aromatic heterocycles. The zero-order chi connectivity index (χ0) is 29.2. The Balaban J connectivity index is 1.37. The van der Waals surface area contributed by atoms with E-state index in [9.17, 15) is 23.1 Å². The number of nitrogens with zero attached hydrogens (tertiary/aromatic N) is 2. The summed E-state index contributed by atoms with van der Waals surface area (Å²) in [4.78, 5) is 18.0. The Labute approximate surface area is 239 Å². The van der Waals surface area contributed by atoms with Crippen molar-refractivity contribution in [3.63, 3.8) is 0 Å². The number of hydrogen-bond acceptors (Lipinski definition) is 4. The molecule has 2 heterocycles. The maximum absolute atomic E-state index is 13.8. The van der Waals surface area contributed by atoms with Crippen LogP contribution in [0, 0.1) is 5.92 Å². The van der Waals surface area contributed by atoms with E-state index < -0.39 is 28.9 Å². The fourth-order valence-corrected chi connectivity index (χ4v) is 8.14. The van der Waals surface area contributed by atoms with Gasteiger partial charge in [0, 0.05) is 30.8 Å². The molecule has 1 spiro atoms. The molecule has 6 rings (SSSR count). The average Bonchev–Trinajstić information content (AvgIpc) is 3.27. The number of amides is 1. The standard InChI is InChI=1S/C33H37F3N2O3/c1-4-16-37-17-15-31-29-23-8-6-10-26(29)41-30(31)25(13-14-32(31,40)27(37)19-23)38(20-21(2)3)28(39)12-11-22-7-5-9-24(18-22)33(34,35)36/h4-12,18,21,25,27,30,40H,1,13-17,19-20H2,2-3H3/b12-11+/t25?,27-,30?,31+,32-/m1/s1. The first-order valence-electron chi connectivity index (χ1n) is 14.5. The van der Waals surface area contributed by atoms with Crippen molar-refractivity contribution in [2.24, 2.45) is 5.92 Å². The van der Waals surface area contributed by atoms with Crippen LogP contribution in [0.2, 0.25) is 0 Å². The Hall–Kier alpha value is -3.10. The molecule has 2 aliphatic carbocycles. The SMILES string of the molecule is C=CCN1CC[C@]23c4c5cccc4OC2C(N(CC(C)C)C(=O)/C=C/c2cccc(C(F)(F)F)c2)CC[C@@]3(O)[C@H]1C5. The molecule has 4 aliphatic rings. The van der Waals surface area contributed by atoms with E-state index in [-0.39, 0.29) is 23.9 Å². The van der Waals surface area contributed by atoms with Gasteiger partial charge in [0.1, 0.15) is 11.9 Å². The molecule has 2 fully saturated rings. The van der Waals surface area contributed by atoms with Crippen molar-refractivity contribution in [2.75, 3.05) is 19.6 Å². The maximum Gasteiger partial charge on any atom is 0.416 e. The Morgan fingerprint density at radius 3 is 2.76 bits per heavy atom. The van der Waals surface area contributed by atoms with Crippen molar-refractivity contribution >= 4 is 12.0 Å². The maximum atomic E-state index is 13.8. The van der Waals surface area contributed by atoms with Gasteiger partial charge in [0.2, 0.25) is 5.91 Å². The second kappa shape index (κ2) is 10.0. The largest absolute Gasteiger partial charge is 0.487 e. The number of hydrogen-bond donors (Lipinski definition) is 1. The van der Waals surface area contributed by atoms with Gasteiger partial charge in [0.15, 0.2) is 0 Å². The van der Waals surface area contributed by atoms with Gasteiger partial charge in [-0.05, 0) is 73.5 Å². The lowest BCUT2D eigenvalue weighted by molar-refractivity contribution is -0.199. The fraction of sp³-hybridized carbons (Fsp3) is 0.485. The molecule has 2 unspecified atom stereocenters. The van der Waals surface area contributed by atoms with Crippen molar-refractivity contribution in [2.45, 2.75) is 74.9 Å². The number of carbonyl (C=O) groups excluding carboxylic acids is 1. The summed E-state index contributed by atoms with van der Waals surface area (Å²) < 4.78 is 46.5. The first-order valence-corrected chi connectivity index (χ1v) is 14.5. The third-order valence-corrected chi connectivity index (χ3v) is 9.68. The molecule has 0 radical (unpaired) electrons. The van der Waals surface area contributed by atoms with Crippen LogP contribution in [0.5, 0.6) is 5.75 Å². The van der Waals surface area contributed by atoms with Crippen LogP contribution >= 0.6 is 0 Å². The Kier molecular flexibility index (Phi) is 6.85. The van der Waals surface area contributed by atoms with Crippen molar-refractivity contribution < 1.29 is 27.8 Å². The summed E-state index contributed by atoms with van der Waals surface area (Å²) in [5.74, 6) is 0.691. The van der Waals surface area contributed by atoms with Crippen LogP contribution in [-0.4, -0.2) is 64.2 Å². The quantitative estimate of drug-likeness (QED) is 0.350. The number of rotatable bonds is 7. The first kappa shape index (κ1) is 28.0. The molecule has 1 saturated heterocycles. The molecule has 2 bridgehead atoms. The summed E-state index contributed by atoms with van der Waals surface area (Å²) in [6.07, 6.45) is 2.39. The third kappa shape index (κ3) is 4.33. The number of benzene rings is 2. The van der Waals surface area contributed by atoms with Gasteiger partial charge in [0.05, 0.1) is 22.6 Å². The summed E-state index contributed by atoms with van der Waals surface area (Å²) >= 11 is 0. The van der Waals surface area contributed by atoms with E-state index in [0.29, 0.717) is 37.9 Å². The molecule has 2 aromatic rings. The van der Waals surface area contributed by atoms with Crippen molar-refractivity contribution in [3.05, 3.63) is 83.4 Å². The summed E-state index contributed by atoms with van der Waals surface area (Å²) in [6, 6.07) is 10.7. The molecule has 2 aliphatic heterocycles. The molecule has 41 heavy (non-hydrogen) atoms. The minimum absolute atomic E-state index is 0.0720. The minimum atomic E-state index is -4.46. The number of aliphatic hydroxyl groups is 1. The highest BCUT2D eigenvalue weighted by molar-refractivity contribution is 5.92. The summed E-state index contributed by atoms with van der Waals surface area (Å²) in [5, 5.41) is 12.6. The fourth-order valence-electron chi connectivity index (χ4n) is 8.14. The molecular formula is C33H37F3N2O3. The van der Waals surface area contributed by atoms with E-state index >= 15 is 0 Å². The third-order valence-electron chi connectivity index (χ3n) is 9.68. The van der Waals surface area contributed by atoms with Gasteiger partial charge < -0.3 is 14.7 Å². The van der Waals surface area contributed by atoms with E-state index in [1.54, 1.807) is 6.07 Å². The van der Waals surface area contributed by atoms with Crippen LogP contribution in [0.25, 0.3) is 6.08 Å². The van der Waals surface area contributed by atoms with Crippen LogP contribution in [-0.2, 0) is 22.8 Å². The highest BCUT2D eigenvalue weighted by atomic mass is 19.4. The van der Waals surface area contributed by atoms with E-state index in [1.807, 2.05) is 37.0 Å². The predicted molar refractivity (Wildman–Crippen MR) is 151 cm³/mol. The Morgan fingerprint density at radius 1 is 1.24 bits per heavy atom. The number of ether oxygens (including phenoxy) is 1. The summed E-state index contributed by atoms with van der Waals surface area (Å²) in [5.41, 5.74) is 0.217. The van der Waals surface area contributed by atoms with Gasteiger partial charge in [-0.1, -0.05) is 44.2 Å². The first-order chi connectivity index (χ1) is 19.5. The number of halogens is 3. The molecule has 1 saturated carbocycles. The lowest BCUT2D eigenvalue weighted by atomic mass is 9.48. The zero-order valence-corrected chi connectivity index (χ0v) is 23.5. The molecule has 8 heteroatoms. The number of piperidine rings is 1. The van der Waals surface area contributed by atoms with Gasteiger partial charge >= 0.3 is 6.18 Å². The number of carbonyl (C=O) groups is 1. The molecule has 218 valence electrons. The lowest BCUT2D eigenvalue weighted by Gasteiger charge is -2.64. The van der Waals surface area contributed by atoms with Crippen LogP contribution in [0.1, 0.15) is 55.4 Å². The molecule has 5 atom stereocenters. The van der Waals surface area contributed by atoms with E-state index in [4.69, 9.17) is 4.74 Å². The highest BCUT2D eigenvalue weighted by Crippen LogP contribution is 2.64. The number of likely N-dealkylation sites (tertiary alicyclic amines) is 1. The van der Waals surface area contributed by atoms with Crippen LogP contribution in [0.4, 0.5) is 13.2 Å². The summed E-state index contributed by atoms with van der Waals surface area (Å²) in [7, 11) is 0. The lowest BCUT2D eigenvalue weighted by Crippen LogP contribution is -2.78. The predicted octanol–water partition coefficient (Wildman–Crippen LogP) is 5.61. The molecule has 1 N–H and O–H groups in total. The summed E-state index contributed by atoms with van der Waals surface area (Å²) in [6.45, 7) is 10.00. The minimum Gasteiger partial charge on any atom is -0.487 e. The van der Waals surface area contributed by atoms with Crippen molar-refractivity contribution in [3.8, 4) is 5.75 Å². The van der Waals surface area contributed by atoms with Crippen LogP contribution < -0.4 is 4.74 Å². The van der Waals surface area contributed by atoms with Gasteiger partial charge in [-0.3, -0.25) is 9.69 Å². The second-order valence-corrected chi connectivity index (χ2v) is 12.4. The average molecular weight is 567 g/mol. The smallest absolute Gasteiger partial charge is 0.416 e. The van der Waals surface area contributed by atoms with Gasteiger partial charge in [-0.15, -0.1) is 6.58 Å². The van der Waals surface area contributed by atoms with E-state index in [2.05, 4.69) is 17.5 Å². The topological polar surface area (TPSA) is 53.0 Å². The highest BCUT2D eigenvalue weighted by Gasteiger charge is 2.73. The van der Waals surface area contributed by atoms with E-state index in [1.165, 1.54) is 23.8 Å². The Bertz CT molecular complexity index is 1390. The van der Waals surface area contributed by atoms with E-state index in [0.717, 1.165) is 36.4 Å². The molecule has 5 nitrogen and oxygen atoms in total. The Morgan fingerprint density at radius 2 is 2.02 bits per heavy atom. The monoisotopic (exact) mass is 566 g/mol. The van der Waals surface area contributed by atoms with Gasteiger partial charge in [-0.25, -0.2) is 0 Å². The number of alkyl halides is 3. The van der Waals surface area contributed by atoms with Gasteiger partial charge in [-0.2, -0.15) is 13.2 Å². The molecular weight excluding hydrogens is 529 g/mol. The molecule has 2 aromatic carbocycles. The van der Waals surface area contributed by atoms with Crippen LogP contribution in [0.3, 0.4) is 0 Å². The zero-order valence-electron chi connectivity index (χ0n) is 23.5. The normalized spacial score (nSPS) is 30.3. The van der Waals surface area contributed by atoms with Gasteiger partial charge in [0.25, 0.3) is 0 Å². The van der Waals surface area contributed by atoms with Crippen molar-refractivity contribution in [1.82, 2.24) is 9.80 Å². The van der Waals surface area contributed by atoms with Crippen LogP contribution in [0.15, 0.2) is 61.2 Å².